The number of carbonyl (C=O) groups excluding carboxylic acids is 2. The van der Waals surface area contributed by atoms with Gasteiger partial charge in [-0.25, -0.2) is 4.79 Å². The number of hydrogen-bond donors (Lipinski definition) is 3. The van der Waals surface area contributed by atoms with Gasteiger partial charge >= 0.3 is 53.4 Å². The average Bonchev–Trinajstić information content (AvgIpc) is 2.36. The number of carboxylic acid groups (broad SMARTS) is 2. The quantitative estimate of drug-likeness (QED) is 0.173. The molecule has 1 atom stereocenters. The van der Waals surface area contributed by atoms with Gasteiger partial charge in [-0.3, -0.25) is 14.4 Å². The van der Waals surface area contributed by atoms with E-state index < -0.39 is 42.3 Å². The smallest absolute Gasteiger partial charge is 1.00 e. The van der Waals surface area contributed by atoms with Gasteiger partial charge in [-0.05, 0) is 6.42 Å². The van der Waals surface area contributed by atoms with Crippen molar-refractivity contribution in [3.05, 3.63) is 0 Å². The molecule has 128 valence electrons. The van der Waals surface area contributed by atoms with Crippen molar-refractivity contribution in [3.63, 3.8) is 0 Å². The van der Waals surface area contributed by atoms with Crippen molar-refractivity contribution in [2.24, 2.45) is 0 Å². The van der Waals surface area contributed by atoms with Gasteiger partial charge in [0, 0.05) is 6.42 Å². The van der Waals surface area contributed by atoms with Crippen LogP contribution in [0.25, 0.3) is 0 Å². The van der Waals surface area contributed by atoms with Gasteiger partial charge < -0.3 is 21.5 Å². The van der Waals surface area contributed by atoms with Crippen LogP contribution in [-0.4, -0.2) is 44.8 Å². The van der Waals surface area contributed by atoms with Crippen molar-refractivity contribution in [1.29, 1.82) is 0 Å². The fourth-order valence-corrected chi connectivity index (χ4v) is 1.79. The van der Waals surface area contributed by atoms with Crippen molar-refractivity contribution in [1.82, 2.24) is 0 Å². The van der Waals surface area contributed by atoms with Crippen molar-refractivity contribution in [3.8, 4) is 0 Å². The van der Waals surface area contributed by atoms with Crippen LogP contribution in [0.1, 0.15) is 59.7 Å². The van der Waals surface area contributed by atoms with E-state index in [1.54, 1.807) is 0 Å². The molecule has 0 fully saturated rings. The Hall–Kier alpha value is -0.960. The Labute approximate surface area is 158 Å². The minimum absolute atomic E-state index is 0. The summed E-state index contributed by atoms with van der Waals surface area (Å²) in [6.45, 7) is 2.05. The predicted molar refractivity (Wildman–Crippen MR) is 75.0 cm³/mol. The Morgan fingerprint density at radius 2 is 1.52 bits per heavy atom. The first-order valence-corrected chi connectivity index (χ1v) is 7.12. The molecule has 0 spiro atoms. The second-order valence-corrected chi connectivity index (χ2v) is 5.09. The van der Waals surface area contributed by atoms with E-state index in [1.165, 1.54) is 0 Å². The molecule has 1 unspecified atom stereocenters. The van der Waals surface area contributed by atoms with Crippen LogP contribution in [-0.2, 0) is 23.9 Å². The van der Waals surface area contributed by atoms with Crippen LogP contribution in [0.2, 0.25) is 0 Å². The first-order valence-electron chi connectivity index (χ1n) is 7.12. The maximum Gasteiger partial charge on any atom is 1.00 e. The number of aliphatic hydroxyl groups is 1. The summed E-state index contributed by atoms with van der Waals surface area (Å²) in [7, 11) is 0. The van der Waals surface area contributed by atoms with Gasteiger partial charge in [-0.2, -0.15) is 0 Å². The minimum atomic E-state index is -2.79. The van der Waals surface area contributed by atoms with Gasteiger partial charge in [0.05, 0.1) is 12.8 Å². The number of esters is 2. The Balaban J connectivity index is -0.00000220. The molecule has 0 rings (SSSR count). The zero-order valence-corrected chi connectivity index (χ0v) is 15.5. The van der Waals surface area contributed by atoms with Crippen LogP contribution in [0.4, 0.5) is 0 Å². The molecule has 0 saturated carbocycles. The van der Waals surface area contributed by atoms with E-state index in [0.29, 0.717) is 6.42 Å². The third-order valence-electron chi connectivity index (χ3n) is 2.99. The third-order valence-corrected chi connectivity index (χ3v) is 2.99. The SMILES string of the molecule is CCCCCCCC(=O)OC(=O)CC(O)(CC(=O)O)C(=O)O.[H-].[Na+]. The van der Waals surface area contributed by atoms with Gasteiger partial charge in [-0.15, -0.1) is 0 Å². The fourth-order valence-electron chi connectivity index (χ4n) is 1.79. The second kappa shape index (κ2) is 12.5. The number of hydrogen-bond acceptors (Lipinski definition) is 6. The number of unbranched alkanes of at least 4 members (excludes halogenated alkanes) is 4. The predicted octanol–water partition coefficient (Wildman–Crippen LogP) is -1.79. The summed E-state index contributed by atoms with van der Waals surface area (Å²) in [5, 5.41) is 26.9. The van der Waals surface area contributed by atoms with Gasteiger partial charge in [0.1, 0.15) is 0 Å². The van der Waals surface area contributed by atoms with E-state index in [4.69, 9.17) is 10.2 Å². The summed E-state index contributed by atoms with van der Waals surface area (Å²) in [6.07, 6.45) is 2.18. The van der Waals surface area contributed by atoms with Crippen molar-refractivity contribution >= 4 is 23.9 Å². The molecule has 0 heterocycles. The van der Waals surface area contributed by atoms with Gasteiger partial charge in [0.15, 0.2) is 5.60 Å². The van der Waals surface area contributed by atoms with Crippen LogP contribution in [0.3, 0.4) is 0 Å². The van der Waals surface area contributed by atoms with E-state index in [0.717, 1.165) is 25.7 Å². The molecule has 0 aliphatic carbocycles. The summed E-state index contributed by atoms with van der Waals surface area (Å²) in [6, 6.07) is 0. The second-order valence-electron chi connectivity index (χ2n) is 5.09. The molecule has 0 aromatic heterocycles. The molecule has 0 aliphatic heterocycles. The molecule has 0 aliphatic rings. The summed E-state index contributed by atoms with van der Waals surface area (Å²) >= 11 is 0. The van der Waals surface area contributed by atoms with E-state index in [2.05, 4.69) is 4.74 Å². The summed E-state index contributed by atoms with van der Waals surface area (Å²) < 4.78 is 4.39. The molecule has 0 radical (unpaired) electrons. The number of ether oxygens (including phenoxy) is 1. The number of carbonyl (C=O) groups is 4. The largest absolute Gasteiger partial charge is 1.00 e. The number of rotatable bonds is 11. The van der Waals surface area contributed by atoms with Crippen molar-refractivity contribution < 1.29 is 70.2 Å². The molecule has 0 aromatic rings. The van der Waals surface area contributed by atoms with Crippen LogP contribution < -0.4 is 29.6 Å². The summed E-state index contributed by atoms with van der Waals surface area (Å²) in [5.74, 6) is -5.52. The standard InChI is InChI=1S/C14H22O8.Na.H/c1-2-3-4-5-6-7-11(17)22-12(18)9-14(21,13(19)20)8-10(15)16;;/h21H,2-9H2,1H3,(H,15,16)(H,19,20);;/q;+1;-1. The topological polar surface area (TPSA) is 138 Å². The Morgan fingerprint density at radius 3 is 2.00 bits per heavy atom. The summed E-state index contributed by atoms with van der Waals surface area (Å²) in [5.41, 5.74) is -2.79. The molecule has 3 N–H and O–H groups in total. The zero-order valence-electron chi connectivity index (χ0n) is 14.5. The van der Waals surface area contributed by atoms with E-state index in [1.807, 2.05) is 6.92 Å². The molecule has 0 bridgehead atoms. The minimum Gasteiger partial charge on any atom is -1.00 e. The molecule has 0 amide bonds. The average molecular weight is 342 g/mol. The molecule has 0 saturated heterocycles. The third kappa shape index (κ3) is 11.2. The zero-order chi connectivity index (χ0) is 17.2. The van der Waals surface area contributed by atoms with E-state index in [9.17, 15) is 24.3 Å². The van der Waals surface area contributed by atoms with Gasteiger partial charge in [-0.1, -0.05) is 32.6 Å². The molecular formula is C14H23NaO8. The van der Waals surface area contributed by atoms with Crippen molar-refractivity contribution in [2.75, 3.05) is 0 Å². The van der Waals surface area contributed by atoms with Gasteiger partial charge in [0.25, 0.3) is 0 Å². The molecule has 23 heavy (non-hydrogen) atoms. The number of aliphatic carboxylic acids is 2. The van der Waals surface area contributed by atoms with Crippen LogP contribution in [0, 0.1) is 0 Å². The van der Waals surface area contributed by atoms with Crippen LogP contribution in [0.5, 0.6) is 0 Å². The van der Waals surface area contributed by atoms with Crippen LogP contribution in [0.15, 0.2) is 0 Å². The Kier molecular flexibility index (Phi) is 13.2. The number of carboxylic acids is 2. The first kappa shape index (κ1) is 24.3. The monoisotopic (exact) mass is 342 g/mol. The Bertz CT molecular complexity index is 429. The fraction of sp³-hybridized carbons (Fsp3) is 0.714. The van der Waals surface area contributed by atoms with Crippen molar-refractivity contribution in [2.45, 2.75) is 63.9 Å². The molecule has 0 aromatic carbocycles. The molecular weight excluding hydrogens is 319 g/mol. The van der Waals surface area contributed by atoms with Crippen LogP contribution >= 0.6 is 0 Å². The Morgan fingerprint density at radius 1 is 0.957 bits per heavy atom. The maximum atomic E-state index is 11.4. The molecule has 8 nitrogen and oxygen atoms in total. The summed E-state index contributed by atoms with van der Waals surface area (Å²) in [4.78, 5) is 44.2. The maximum absolute atomic E-state index is 11.4. The van der Waals surface area contributed by atoms with E-state index in [-0.39, 0.29) is 37.4 Å². The first-order chi connectivity index (χ1) is 10.2. The molecule has 9 heteroatoms. The normalized spacial score (nSPS) is 12.6. The van der Waals surface area contributed by atoms with Gasteiger partial charge in [0.2, 0.25) is 0 Å². The van der Waals surface area contributed by atoms with E-state index >= 15 is 0 Å².